The fourth-order valence-corrected chi connectivity index (χ4v) is 5.21. The summed E-state index contributed by atoms with van der Waals surface area (Å²) in [5.41, 5.74) is 1.35. The van der Waals surface area contributed by atoms with Crippen LogP contribution in [0.5, 0.6) is 5.75 Å². The van der Waals surface area contributed by atoms with Gasteiger partial charge in [0.2, 0.25) is 5.91 Å². The maximum Gasteiger partial charge on any atom is 0.328 e. The number of amides is 3. The van der Waals surface area contributed by atoms with E-state index in [2.05, 4.69) is 5.32 Å². The smallest absolute Gasteiger partial charge is 0.328 e. The molecule has 2 aromatic carbocycles. The van der Waals surface area contributed by atoms with Crippen molar-refractivity contribution in [1.29, 1.82) is 0 Å². The van der Waals surface area contributed by atoms with Crippen LogP contribution in [0, 0.1) is 12.3 Å². The molecular formula is C29H35N3O6. The second-order valence-corrected chi connectivity index (χ2v) is 10.1. The van der Waals surface area contributed by atoms with E-state index < -0.39 is 17.9 Å². The molecule has 0 bridgehead atoms. The average molecular weight is 522 g/mol. The van der Waals surface area contributed by atoms with E-state index in [0.29, 0.717) is 37.5 Å². The van der Waals surface area contributed by atoms with Crippen LogP contribution >= 0.6 is 0 Å². The number of hydrogen-bond acceptors (Lipinski definition) is 6. The molecule has 2 aliphatic rings. The van der Waals surface area contributed by atoms with Crippen molar-refractivity contribution < 1.29 is 28.7 Å². The molecule has 3 amide bonds. The number of likely N-dealkylation sites (tertiary alicyclic amines) is 2. The fourth-order valence-electron chi connectivity index (χ4n) is 5.21. The van der Waals surface area contributed by atoms with E-state index in [1.807, 2.05) is 36.1 Å². The number of carbonyl (C=O) groups excluding carboxylic acids is 4. The molecule has 0 saturated carbocycles. The Morgan fingerprint density at radius 2 is 1.53 bits per heavy atom. The van der Waals surface area contributed by atoms with Crippen molar-refractivity contribution >= 4 is 23.7 Å². The number of nitrogens with one attached hydrogen (secondary N) is 1. The highest BCUT2D eigenvalue weighted by atomic mass is 16.5. The van der Waals surface area contributed by atoms with Crippen LogP contribution in [0.2, 0.25) is 0 Å². The van der Waals surface area contributed by atoms with Crippen molar-refractivity contribution in [1.82, 2.24) is 15.1 Å². The van der Waals surface area contributed by atoms with Crippen molar-refractivity contribution in [3.63, 3.8) is 0 Å². The van der Waals surface area contributed by atoms with Crippen molar-refractivity contribution in [2.24, 2.45) is 5.41 Å². The largest absolute Gasteiger partial charge is 0.484 e. The van der Waals surface area contributed by atoms with Crippen LogP contribution in [-0.4, -0.2) is 79.4 Å². The number of hydrogen-bond donors (Lipinski definition) is 1. The van der Waals surface area contributed by atoms with Gasteiger partial charge in [-0.15, -0.1) is 0 Å². The van der Waals surface area contributed by atoms with Crippen LogP contribution in [0.3, 0.4) is 0 Å². The normalized spacial score (nSPS) is 17.1. The summed E-state index contributed by atoms with van der Waals surface area (Å²) in [7, 11) is 1.24. The van der Waals surface area contributed by atoms with Gasteiger partial charge in [0.25, 0.3) is 11.8 Å². The molecule has 0 aromatic heterocycles. The second-order valence-electron chi connectivity index (χ2n) is 10.1. The van der Waals surface area contributed by atoms with E-state index in [4.69, 9.17) is 9.47 Å². The van der Waals surface area contributed by atoms with Gasteiger partial charge in [-0.3, -0.25) is 14.4 Å². The zero-order valence-electron chi connectivity index (χ0n) is 22.0. The maximum atomic E-state index is 13.1. The standard InChI is InChI=1S/C29H35N3O6/c1-21-8-6-7-11-24(21)38-19-26(34)31-15-12-29(13-16-31)14-17-32(20-29)25(33)18-23(28(36)37-2)30-27(35)22-9-4-3-5-10-22/h3-11,23H,12-20H2,1-2H3,(H,30,35). The Kier molecular flexibility index (Phi) is 8.66. The SMILES string of the molecule is COC(=O)C(CC(=O)N1CCC2(CCN(C(=O)COc3ccccc3C)CC2)C1)NC(=O)c1ccccc1. The predicted octanol–water partition coefficient (Wildman–Crippen LogP) is 2.58. The first kappa shape index (κ1) is 27.2. The molecule has 0 radical (unpaired) electrons. The van der Waals surface area contributed by atoms with Gasteiger partial charge < -0.3 is 24.6 Å². The van der Waals surface area contributed by atoms with Gasteiger partial charge in [0.05, 0.1) is 13.5 Å². The number of methoxy groups -OCH3 is 1. The topological polar surface area (TPSA) is 105 Å². The molecule has 9 nitrogen and oxygen atoms in total. The Morgan fingerprint density at radius 1 is 0.895 bits per heavy atom. The zero-order chi connectivity index (χ0) is 27.1. The molecule has 2 fully saturated rings. The lowest BCUT2D eigenvalue weighted by Crippen LogP contribution is -2.47. The van der Waals surface area contributed by atoms with Gasteiger partial charge in [-0.05, 0) is 55.4 Å². The molecule has 2 aliphatic heterocycles. The highest BCUT2D eigenvalue weighted by Gasteiger charge is 2.43. The van der Waals surface area contributed by atoms with Crippen LogP contribution in [-0.2, 0) is 19.1 Å². The molecule has 0 aliphatic carbocycles. The summed E-state index contributed by atoms with van der Waals surface area (Å²) >= 11 is 0. The van der Waals surface area contributed by atoms with Crippen molar-refractivity contribution in [2.75, 3.05) is 39.9 Å². The number of aryl methyl sites for hydroxylation is 1. The van der Waals surface area contributed by atoms with Gasteiger partial charge in [0, 0.05) is 31.7 Å². The Labute approximate surface area is 223 Å². The van der Waals surface area contributed by atoms with Crippen LogP contribution in [0.25, 0.3) is 0 Å². The Balaban J connectivity index is 1.27. The van der Waals surface area contributed by atoms with Gasteiger partial charge >= 0.3 is 5.97 Å². The maximum absolute atomic E-state index is 13.1. The summed E-state index contributed by atoms with van der Waals surface area (Å²) in [5, 5.41) is 2.64. The minimum absolute atomic E-state index is 0.00603. The van der Waals surface area contributed by atoms with Crippen LogP contribution in [0.15, 0.2) is 54.6 Å². The number of nitrogens with zero attached hydrogens (tertiary/aromatic N) is 2. The van der Waals surface area contributed by atoms with Crippen molar-refractivity contribution in [2.45, 2.75) is 38.6 Å². The Bertz CT molecular complexity index is 1160. The molecular weight excluding hydrogens is 486 g/mol. The molecule has 9 heteroatoms. The molecule has 2 saturated heterocycles. The van der Waals surface area contributed by atoms with Crippen molar-refractivity contribution in [3.05, 3.63) is 65.7 Å². The van der Waals surface area contributed by atoms with Gasteiger partial charge in [-0.2, -0.15) is 0 Å². The van der Waals surface area contributed by atoms with E-state index in [9.17, 15) is 19.2 Å². The van der Waals surface area contributed by atoms with Crippen LogP contribution in [0.4, 0.5) is 0 Å². The van der Waals surface area contributed by atoms with Crippen molar-refractivity contribution in [3.8, 4) is 5.75 Å². The van der Waals surface area contributed by atoms with E-state index in [1.165, 1.54) is 7.11 Å². The molecule has 202 valence electrons. The first-order valence-corrected chi connectivity index (χ1v) is 13.0. The molecule has 1 unspecified atom stereocenters. The second kappa shape index (κ2) is 12.1. The zero-order valence-corrected chi connectivity index (χ0v) is 22.0. The molecule has 1 atom stereocenters. The molecule has 38 heavy (non-hydrogen) atoms. The number of carbonyl (C=O) groups is 4. The molecule has 2 aromatic rings. The number of para-hydroxylation sites is 1. The lowest BCUT2D eigenvalue weighted by Gasteiger charge is -2.39. The first-order valence-electron chi connectivity index (χ1n) is 13.0. The fraction of sp³-hybridized carbons (Fsp3) is 0.448. The molecule has 4 rings (SSSR count). The summed E-state index contributed by atoms with van der Waals surface area (Å²) in [6.45, 7) is 4.36. The van der Waals surface area contributed by atoms with Gasteiger partial charge in [-0.25, -0.2) is 4.79 Å². The first-order chi connectivity index (χ1) is 18.3. The summed E-state index contributed by atoms with van der Waals surface area (Å²) in [6, 6.07) is 15.1. The third-order valence-corrected chi connectivity index (χ3v) is 7.62. The average Bonchev–Trinajstić information content (AvgIpc) is 3.35. The quantitative estimate of drug-likeness (QED) is 0.536. The third-order valence-electron chi connectivity index (χ3n) is 7.62. The van der Waals surface area contributed by atoms with Gasteiger partial charge in [-0.1, -0.05) is 36.4 Å². The monoisotopic (exact) mass is 521 g/mol. The molecule has 1 spiro atoms. The lowest BCUT2D eigenvalue weighted by atomic mass is 9.78. The van der Waals surface area contributed by atoms with E-state index in [-0.39, 0.29) is 30.3 Å². The highest BCUT2D eigenvalue weighted by molar-refractivity contribution is 5.97. The summed E-state index contributed by atoms with van der Waals surface area (Å²) < 4.78 is 10.6. The van der Waals surface area contributed by atoms with Crippen LogP contribution < -0.4 is 10.1 Å². The highest BCUT2D eigenvalue weighted by Crippen LogP contribution is 2.40. The Morgan fingerprint density at radius 3 is 2.18 bits per heavy atom. The van der Waals surface area contributed by atoms with E-state index in [1.54, 1.807) is 35.2 Å². The lowest BCUT2D eigenvalue weighted by molar-refractivity contribution is -0.146. The summed E-state index contributed by atoms with van der Waals surface area (Å²) in [6.07, 6.45) is 2.29. The van der Waals surface area contributed by atoms with Crippen LogP contribution in [0.1, 0.15) is 41.6 Å². The summed E-state index contributed by atoms with van der Waals surface area (Å²) in [4.78, 5) is 54.3. The van der Waals surface area contributed by atoms with E-state index >= 15 is 0 Å². The number of rotatable bonds is 8. The number of ether oxygens (including phenoxy) is 2. The van der Waals surface area contributed by atoms with E-state index in [0.717, 1.165) is 24.8 Å². The van der Waals surface area contributed by atoms with Gasteiger partial charge in [0.15, 0.2) is 6.61 Å². The minimum atomic E-state index is -1.07. The number of benzene rings is 2. The number of esters is 1. The van der Waals surface area contributed by atoms with Gasteiger partial charge in [0.1, 0.15) is 11.8 Å². The Hall–Kier alpha value is -3.88. The predicted molar refractivity (Wildman–Crippen MR) is 140 cm³/mol. The molecule has 1 N–H and O–H groups in total. The molecule has 2 heterocycles. The summed E-state index contributed by atoms with van der Waals surface area (Å²) in [5.74, 6) is -0.615. The third kappa shape index (κ3) is 6.51. The minimum Gasteiger partial charge on any atom is -0.484 e. The number of piperidine rings is 1.